The lowest BCUT2D eigenvalue weighted by atomic mass is 9.84. The predicted molar refractivity (Wildman–Crippen MR) is 65.4 cm³/mol. The first-order valence-corrected chi connectivity index (χ1v) is 6.03. The summed E-state index contributed by atoms with van der Waals surface area (Å²) < 4.78 is 0. The molecule has 1 fully saturated rings. The molecule has 1 unspecified atom stereocenters. The van der Waals surface area contributed by atoms with Gasteiger partial charge < -0.3 is 0 Å². The van der Waals surface area contributed by atoms with Crippen LogP contribution >= 0.6 is 11.6 Å². The average Bonchev–Trinajstić information content (AvgIpc) is 2.33. The van der Waals surface area contributed by atoms with Crippen molar-refractivity contribution in [3.63, 3.8) is 0 Å². The van der Waals surface area contributed by atoms with Gasteiger partial charge in [-0.2, -0.15) is 5.26 Å². The summed E-state index contributed by atoms with van der Waals surface area (Å²) >= 11 is 5.84. The molecule has 1 aliphatic rings. The molecule has 0 radical (unpaired) electrons. The van der Waals surface area contributed by atoms with E-state index in [1.54, 1.807) is 0 Å². The SMILES string of the molecule is N#CC1(Cc2ccc(Cl)cc2)CCCCN1. The molecule has 2 nitrogen and oxygen atoms in total. The molecule has 1 heterocycles. The molecule has 1 saturated heterocycles. The van der Waals surface area contributed by atoms with Crippen LogP contribution in [0.2, 0.25) is 5.02 Å². The van der Waals surface area contributed by atoms with Gasteiger partial charge in [0.25, 0.3) is 0 Å². The zero-order valence-electron chi connectivity index (χ0n) is 9.17. The first kappa shape index (κ1) is 11.4. The Kier molecular flexibility index (Phi) is 3.48. The zero-order valence-corrected chi connectivity index (χ0v) is 9.93. The van der Waals surface area contributed by atoms with Crippen molar-refractivity contribution in [2.24, 2.45) is 0 Å². The molecule has 84 valence electrons. The molecule has 0 spiro atoms. The maximum atomic E-state index is 9.32. The summed E-state index contributed by atoms with van der Waals surface area (Å²) in [5, 5.41) is 13.4. The third kappa shape index (κ3) is 2.55. The second kappa shape index (κ2) is 4.86. The number of nitrogens with one attached hydrogen (secondary N) is 1. The van der Waals surface area contributed by atoms with Gasteiger partial charge in [0.15, 0.2) is 0 Å². The summed E-state index contributed by atoms with van der Waals surface area (Å²) in [4.78, 5) is 0. The van der Waals surface area contributed by atoms with Gasteiger partial charge in [0.2, 0.25) is 0 Å². The minimum absolute atomic E-state index is 0.369. The van der Waals surface area contributed by atoms with Crippen LogP contribution in [0.4, 0.5) is 0 Å². The van der Waals surface area contributed by atoms with E-state index in [2.05, 4.69) is 11.4 Å². The summed E-state index contributed by atoms with van der Waals surface area (Å²) in [6.07, 6.45) is 4.00. The third-order valence-electron chi connectivity index (χ3n) is 3.13. The lowest BCUT2D eigenvalue weighted by molar-refractivity contribution is 0.321. The molecule has 0 saturated carbocycles. The average molecular weight is 235 g/mol. The van der Waals surface area contributed by atoms with Gasteiger partial charge in [0, 0.05) is 11.4 Å². The lowest BCUT2D eigenvalue weighted by Gasteiger charge is -2.32. The monoisotopic (exact) mass is 234 g/mol. The summed E-state index contributed by atoms with van der Waals surface area (Å²) in [7, 11) is 0. The van der Waals surface area contributed by atoms with E-state index in [-0.39, 0.29) is 5.54 Å². The van der Waals surface area contributed by atoms with Crippen LogP contribution in [0.1, 0.15) is 24.8 Å². The first-order chi connectivity index (χ1) is 7.74. The highest BCUT2D eigenvalue weighted by molar-refractivity contribution is 6.30. The summed E-state index contributed by atoms with van der Waals surface area (Å²) in [5.41, 5.74) is 0.798. The highest BCUT2D eigenvalue weighted by Crippen LogP contribution is 2.23. The quantitative estimate of drug-likeness (QED) is 0.854. The Morgan fingerprint density at radius 3 is 2.62 bits per heavy atom. The van der Waals surface area contributed by atoms with Crippen molar-refractivity contribution in [1.82, 2.24) is 5.32 Å². The van der Waals surface area contributed by atoms with Gasteiger partial charge in [-0.25, -0.2) is 0 Å². The van der Waals surface area contributed by atoms with Crippen LogP contribution in [0.25, 0.3) is 0 Å². The first-order valence-electron chi connectivity index (χ1n) is 5.65. The molecule has 1 atom stereocenters. The minimum atomic E-state index is -0.369. The maximum Gasteiger partial charge on any atom is 0.110 e. The largest absolute Gasteiger partial charge is 0.299 e. The number of hydrogen-bond donors (Lipinski definition) is 1. The maximum absolute atomic E-state index is 9.32. The van der Waals surface area contributed by atoms with Crippen LogP contribution in [0.3, 0.4) is 0 Å². The smallest absolute Gasteiger partial charge is 0.110 e. The van der Waals surface area contributed by atoms with E-state index >= 15 is 0 Å². The van der Waals surface area contributed by atoms with Crippen LogP contribution in [-0.4, -0.2) is 12.1 Å². The Morgan fingerprint density at radius 1 is 1.31 bits per heavy atom. The summed E-state index contributed by atoms with van der Waals surface area (Å²) in [5.74, 6) is 0. The van der Waals surface area contributed by atoms with Gasteiger partial charge in [-0.1, -0.05) is 23.7 Å². The molecular weight excluding hydrogens is 220 g/mol. The van der Waals surface area contributed by atoms with Crippen molar-refractivity contribution >= 4 is 11.6 Å². The van der Waals surface area contributed by atoms with Crippen molar-refractivity contribution in [3.05, 3.63) is 34.9 Å². The van der Waals surface area contributed by atoms with Crippen molar-refractivity contribution in [1.29, 1.82) is 5.26 Å². The highest BCUT2D eigenvalue weighted by atomic mass is 35.5. The summed E-state index contributed by atoms with van der Waals surface area (Å²) in [6.45, 7) is 0.946. The third-order valence-corrected chi connectivity index (χ3v) is 3.38. The van der Waals surface area contributed by atoms with E-state index in [1.807, 2.05) is 24.3 Å². The molecule has 0 amide bonds. The molecule has 1 N–H and O–H groups in total. The fourth-order valence-electron chi connectivity index (χ4n) is 2.20. The van der Waals surface area contributed by atoms with Crippen LogP contribution < -0.4 is 5.32 Å². The van der Waals surface area contributed by atoms with E-state index in [4.69, 9.17) is 11.6 Å². The number of rotatable bonds is 2. The molecule has 3 heteroatoms. The van der Waals surface area contributed by atoms with Gasteiger partial charge in [-0.05, 0) is 43.5 Å². The van der Waals surface area contributed by atoms with Gasteiger partial charge in [-0.15, -0.1) is 0 Å². The van der Waals surface area contributed by atoms with Gasteiger partial charge >= 0.3 is 0 Å². The Labute approximate surface area is 101 Å². The molecule has 0 aliphatic carbocycles. The molecule has 1 aromatic carbocycles. The Bertz CT molecular complexity index is 385. The van der Waals surface area contributed by atoms with E-state index in [1.165, 1.54) is 12.0 Å². The zero-order chi connectivity index (χ0) is 11.4. The van der Waals surface area contributed by atoms with Gasteiger partial charge in [-0.3, -0.25) is 5.32 Å². The molecule has 2 rings (SSSR count). The standard InChI is InChI=1S/C13H15ClN2/c14-12-5-3-11(4-6-12)9-13(10-15)7-1-2-8-16-13/h3-6,16H,1-2,7-9H2. The number of nitriles is 1. The Morgan fingerprint density at radius 2 is 2.06 bits per heavy atom. The number of benzene rings is 1. The Hall–Kier alpha value is -1.04. The van der Waals surface area contributed by atoms with E-state index in [9.17, 15) is 5.26 Å². The molecule has 1 aliphatic heterocycles. The van der Waals surface area contributed by atoms with E-state index in [0.717, 1.165) is 30.8 Å². The van der Waals surface area contributed by atoms with E-state index < -0.39 is 0 Å². The highest BCUT2D eigenvalue weighted by Gasteiger charge is 2.31. The molecule has 0 bridgehead atoms. The van der Waals surface area contributed by atoms with Crippen molar-refractivity contribution in [2.45, 2.75) is 31.2 Å². The molecule has 0 aromatic heterocycles. The van der Waals surface area contributed by atoms with Gasteiger partial charge in [0.1, 0.15) is 5.54 Å². The summed E-state index contributed by atoms with van der Waals surface area (Å²) in [6, 6.07) is 10.2. The second-order valence-corrected chi connectivity index (χ2v) is 4.82. The second-order valence-electron chi connectivity index (χ2n) is 4.38. The topological polar surface area (TPSA) is 35.8 Å². The Balaban J connectivity index is 2.12. The van der Waals surface area contributed by atoms with Gasteiger partial charge in [0.05, 0.1) is 6.07 Å². The van der Waals surface area contributed by atoms with Crippen molar-refractivity contribution in [2.75, 3.05) is 6.54 Å². The van der Waals surface area contributed by atoms with E-state index in [0.29, 0.717) is 0 Å². The van der Waals surface area contributed by atoms with Crippen LogP contribution in [0, 0.1) is 11.3 Å². The van der Waals surface area contributed by atoms with Crippen LogP contribution in [0.5, 0.6) is 0 Å². The van der Waals surface area contributed by atoms with Crippen LogP contribution in [0.15, 0.2) is 24.3 Å². The number of hydrogen-bond acceptors (Lipinski definition) is 2. The number of halogens is 1. The predicted octanol–water partition coefficient (Wildman–Crippen LogP) is 2.92. The lowest BCUT2D eigenvalue weighted by Crippen LogP contribution is -2.49. The normalized spacial score (nSPS) is 25.0. The fraction of sp³-hybridized carbons (Fsp3) is 0.462. The minimum Gasteiger partial charge on any atom is -0.299 e. The molecular formula is C13H15ClN2. The number of piperidine rings is 1. The fourth-order valence-corrected chi connectivity index (χ4v) is 2.33. The molecule has 16 heavy (non-hydrogen) atoms. The van der Waals surface area contributed by atoms with Crippen molar-refractivity contribution < 1.29 is 0 Å². The van der Waals surface area contributed by atoms with Crippen LogP contribution in [-0.2, 0) is 6.42 Å². The number of nitrogens with zero attached hydrogens (tertiary/aromatic N) is 1. The van der Waals surface area contributed by atoms with Crippen molar-refractivity contribution in [3.8, 4) is 6.07 Å². The molecule has 1 aromatic rings.